The second kappa shape index (κ2) is 9.68. The lowest BCUT2D eigenvalue weighted by molar-refractivity contribution is -0.111. The fourth-order valence-electron chi connectivity index (χ4n) is 2.49. The first-order valence-electron chi connectivity index (χ1n) is 8.83. The highest BCUT2D eigenvalue weighted by atomic mass is 32.2. The Kier molecular flexibility index (Phi) is 7.58. The van der Waals surface area contributed by atoms with Crippen molar-refractivity contribution < 1.29 is 22.7 Å². The third kappa shape index (κ3) is 5.92. The maximum atomic E-state index is 12.9. The normalized spacial score (nSPS) is 16.3. The predicted molar refractivity (Wildman–Crippen MR) is 104 cm³/mol. The number of morpholine rings is 1. The number of nitrogens with one attached hydrogen (secondary N) is 1. The summed E-state index contributed by atoms with van der Waals surface area (Å²) in [6.07, 6.45) is 6.37. The van der Waals surface area contributed by atoms with Crippen LogP contribution in [0, 0.1) is 0 Å². The van der Waals surface area contributed by atoms with Gasteiger partial charge in [-0.15, -0.1) is 0 Å². The lowest BCUT2D eigenvalue weighted by Crippen LogP contribution is -2.40. The molecule has 148 valence electrons. The van der Waals surface area contributed by atoms with Crippen molar-refractivity contribution in [3.8, 4) is 5.75 Å². The van der Waals surface area contributed by atoms with Crippen LogP contribution in [-0.2, 0) is 19.6 Å². The Morgan fingerprint density at radius 1 is 1.26 bits per heavy atom. The first-order valence-corrected chi connectivity index (χ1v) is 10.3. The molecule has 1 amide bonds. The number of ether oxygens (including phenoxy) is 2. The molecular weight excluding hydrogens is 368 g/mol. The molecule has 0 aromatic heterocycles. The summed E-state index contributed by atoms with van der Waals surface area (Å²) in [5, 5.41) is 2.70. The average molecular weight is 394 g/mol. The van der Waals surface area contributed by atoms with E-state index < -0.39 is 10.0 Å². The molecule has 1 saturated heterocycles. The van der Waals surface area contributed by atoms with Crippen LogP contribution in [0.25, 0.3) is 0 Å². The molecule has 0 atom stereocenters. The van der Waals surface area contributed by atoms with E-state index in [1.807, 2.05) is 20.8 Å². The Bertz CT molecular complexity index is 809. The molecule has 0 unspecified atom stereocenters. The van der Waals surface area contributed by atoms with Crippen LogP contribution in [0.5, 0.6) is 5.75 Å². The van der Waals surface area contributed by atoms with Crippen LogP contribution in [0.2, 0.25) is 0 Å². The van der Waals surface area contributed by atoms with Crippen molar-refractivity contribution in [1.29, 1.82) is 0 Å². The average Bonchev–Trinajstić information content (AvgIpc) is 2.63. The highest BCUT2D eigenvalue weighted by molar-refractivity contribution is 7.89. The van der Waals surface area contributed by atoms with Gasteiger partial charge in [-0.3, -0.25) is 4.79 Å². The van der Waals surface area contributed by atoms with Gasteiger partial charge in [0.2, 0.25) is 15.9 Å². The van der Waals surface area contributed by atoms with Crippen molar-refractivity contribution in [1.82, 2.24) is 4.31 Å². The molecule has 2 rings (SSSR count). The Morgan fingerprint density at radius 2 is 1.96 bits per heavy atom. The molecule has 1 aliphatic heterocycles. The fourth-order valence-corrected chi connectivity index (χ4v) is 3.92. The minimum atomic E-state index is -3.67. The molecule has 1 aromatic rings. The smallest absolute Gasteiger partial charge is 0.248 e. The summed E-state index contributed by atoms with van der Waals surface area (Å²) in [4.78, 5) is 12.2. The van der Waals surface area contributed by atoms with Crippen molar-refractivity contribution in [3.05, 3.63) is 42.5 Å². The van der Waals surface area contributed by atoms with Crippen LogP contribution in [0.15, 0.2) is 47.4 Å². The summed E-state index contributed by atoms with van der Waals surface area (Å²) in [5.74, 6) is 0.0429. The van der Waals surface area contributed by atoms with Crippen LogP contribution in [0.1, 0.15) is 20.8 Å². The van der Waals surface area contributed by atoms with Gasteiger partial charge in [0.15, 0.2) is 0 Å². The van der Waals surface area contributed by atoms with Crippen LogP contribution in [0.3, 0.4) is 0 Å². The third-order valence-corrected chi connectivity index (χ3v) is 5.63. The van der Waals surface area contributed by atoms with E-state index in [0.717, 1.165) is 0 Å². The Morgan fingerprint density at radius 3 is 2.59 bits per heavy atom. The van der Waals surface area contributed by atoms with Gasteiger partial charge >= 0.3 is 0 Å². The second-order valence-corrected chi connectivity index (χ2v) is 8.15. The van der Waals surface area contributed by atoms with Gasteiger partial charge < -0.3 is 14.8 Å². The van der Waals surface area contributed by atoms with Crippen molar-refractivity contribution >= 4 is 21.6 Å². The number of carbonyl (C=O) groups is 1. The highest BCUT2D eigenvalue weighted by Crippen LogP contribution is 2.30. The van der Waals surface area contributed by atoms with Crippen LogP contribution in [0.4, 0.5) is 5.69 Å². The molecule has 0 saturated carbocycles. The van der Waals surface area contributed by atoms with E-state index in [0.29, 0.717) is 37.7 Å². The van der Waals surface area contributed by atoms with Gasteiger partial charge in [-0.1, -0.05) is 18.2 Å². The van der Waals surface area contributed by atoms with Crippen LogP contribution >= 0.6 is 0 Å². The molecule has 8 heteroatoms. The van der Waals surface area contributed by atoms with E-state index in [2.05, 4.69) is 5.32 Å². The number of rotatable bonds is 7. The molecule has 7 nitrogen and oxygen atoms in total. The van der Waals surface area contributed by atoms with Gasteiger partial charge in [-0.05, 0) is 39.0 Å². The minimum absolute atomic E-state index is 0.105. The lowest BCUT2D eigenvalue weighted by atomic mass is 10.2. The van der Waals surface area contributed by atoms with E-state index in [1.54, 1.807) is 24.3 Å². The minimum Gasteiger partial charge on any atom is -0.489 e. The lowest BCUT2D eigenvalue weighted by Gasteiger charge is -2.26. The van der Waals surface area contributed by atoms with E-state index in [1.165, 1.54) is 22.5 Å². The number of anilines is 1. The van der Waals surface area contributed by atoms with E-state index in [9.17, 15) is 13.2 Å². The zero-order valence-electron chi connectivity index (χ0n) is 15.8. The number of sulfonamides is 1. The Balaban J connectivity index is 2.33. The quantitative estimate of drug-likeness (QED) is 0.567. The van der Waals surface area contributed by atoms with E-state index >= 15 is 0 Å². The van der Waals surface area contributed by atoms with E-state index in [-0.39, 0.29) is 16.9 Å². The molecule has 0 radical (unpaired) electrons. The standard InChI is InChI=1S/C19H26N2O5S/c1-4-5-6-7-19(22)20-17-14-16(8-9-18(17)26-15(2)3)27(23,24)21-10-12-25-13-11-21/h4-9,14-15H,10-13H2,1-3H3,(H,20,22). The SMILES string of the molecule is CC=CC=CC(=O)Nc1cc(S(=O)(=O)N2CCOCC2)ccc1OC(C)C. The first kappa shape index (κ1) is 21.1. The summed E-state index contributed by atoms with van der Waals surface area (Å²) in [5.41, 5.74) is 0.313. The molecule has 0 aliphatic carbocycles. The third-order valence-electron chi connectivity index (χ3n) is 3.73. The number of amides is 1. The molecule has 1 aromatic carbocycles. The van der Waals surface area contributed by atoms with Gasteiger partial charge in [0.25, 0.3) is 0 Å². The fraction of sp³-hybridized carbons (Fsp3) is 0.421. The highest BCUT2D eigenvalue weighted by Gasteiger charge is 2.27. The van der Waals surface area contributed by atoms with Crippen molar-refractivity contribution in [2.45, 2.75) is 31.8 Å². The molecule has 1 fully saturated rings. The summed E-state index contributed by atoms with van der Waals surface area (Å²) in [6, 6.07) is 4.50. The largest absolute Gasteiger partial charge is 0.489 e. The summed E-state index contributed by atoms with van der Waals surface area (Å²) in [7, 11) is -3.67. The zero-order chi connectivity index (χ0) is 19.9. The number of allylic oxidation sites excluding steroid dienone is 3. The van der Waals surface area contributed by atoms with Gasteiger partial charge in [0.1, 0.15) is 5.75 Å². The number of benzene rings is 1. The van der Waals surface area contributed by atoms with Gasteiger partial charge in [0.05, 0.1) is 29.9 Å². The molecule has 27 heavy (non-hydrogen) atoms. The van der Waals surface area contributed by atoms with E-state index in [4.69, 9.17) is 9.47 Å². The first-order chi connectivity index (χ1) is 12.8. The van der Waals surface area contributed by atoms with Gasteiger partial charge in [-0.2, -0.15) is 4.31 Å². The molecule has 0 bridgehead atoms. The van der Waals surface area contributed by atoms with Crippen molar-refractivity contribution in [3.63, 3.8) is 0 Å². The second-order valence-electron chi connectivity index (χ2n) is 6.22. The van der Waals surface area contributed by atoms with Crippen LogP contribution < -0.4 is 10.1 Å². The summed E-state index contributed by atoms with van der Waals surface area (Å²) < 4.78 is 38.0. The van der Waals surface area contributed by atoms with Crippen molar-refractivity contribution in [2.75, 3.05) is 31.6 Å². The molecular formula is C19H26N2O5S. The summed E-state index contributed by atoms with van der Waals surface area (Å²) in [6.45, 7) is 6.91. The Hall–Kier alpha value is -2.16. The maximum Gasteiger partial charge on any atom is 0.248 e. The number of hydrogen-bond donors (Lipinski definition) is 1. The molecule has 0 spiro atoms. The molecule has 1 N–H and O–H groups in total. The Labute approximate surface area is 160 Å². The van der Waals surface area contributed by atoms with Crippen molar-refractivity contribution in [2.24, 2.45) is 0 Å². The van der Waals surface area contributed by atoms with Gasteiger partial charge in [-0.25, -0.2) is 8.42 Å². The zero-order valence-corrected chi connectivity index (χ0v) is 16.7. The van der Waals surface area contributed by atoms with Crippen LogP contribution in [-0.4, -0.2) is 51.0 Å². The molecule has 1 heterocycles. The predicted octanol–water partition coefficient (Wildman–Crippen LogP) is 2.57. The number of carbonyl (C=O) groups excluding carboxylic acids is 1. The molecule has 1 aliphatic rings. The topological polar surface area (TPSA) is 84.9 Å². The van der Waals surface area contributed by atoms with Gasteiger partial charge in [0, 0.05) is 19.2 Å². The number of nitrogens with zero attached hydrogens (tertiary/aromatic N) is 1. The monoisotopic (exact) mass is 394 g/mol. The maximum absolute atomic E-state index is 12.9. The number of hydrogen-bond acceptors (Lipinski definition) is 5. The summed E-state index contributed by atoms with van der Waals surface area (Å²) >= 11 is 0.